The Hall–Kier alpha value is -2.67. The number of benzene rings is 1. The number of halogens is 1. The summed E-state index contributed by atoms with van der Waals surface area (Å²) in [4.78, 5) is 24.4. The third-order valence-corrected chi connectivity index (χ3v) is 3.11. The van der Waals surface area contributed by atoms with Crippen LogP contribution in [0.4, 0.5) is 14.9 Å². The molecule has 2 rings (SSSR count). The van der Waals surface area contributed by atoms with E-state index in [9.17, 15) is 14.0 Å². The number of urea groups is 1. The number of hydrogen-bond acceptors (Lipinski definition) is 3. The van der Waals surface area contributed by atoms with Gasteiger partial charge in [-0.3, -0.25) is 10.1 Å². The molecule has 23 heavy (non-hydrogen) atoms. The molecule has 2 aromatic rings. The van der Waals surface area contributed by atoms with Crippen LogP contribution in [0.1, 0.15) is 11.5 Å². The summed E-state index contributed by atoms with van der Waals surface area (Å²) >= 11 is 0. The van der Waals surface area contributed by atoms with Crippen molar-refractivity contribution in [3.8, 4) is 0 Å². The highest BCUT2D eigenvalue weighted by molar-refractivity contribution is 6.01. The summed E-state index contributed by atoms with van der Waals surface area (Å²) in [5.41, 5.74) is 0.0181. The predicted octanol–water partition coefficient (Wildman–Crippen LogP) is 1.09. The largest absolute Gasteiger partial charge is 0.460 e. The van der Waals surface area contributed by atoms with Crippen molar-refractivity contribution in [2.45, 2.75) is 13.5 Å². The van der Waals surface area contributed by atoms with Gasteiger partial charge >= 0.3 is 6.03 Å². The van der Waals surface area contributed by atoms with E-state index < -0.39 is 17.8 Å². The molecule has 1 heterocycles. The van der Waals surface area contributed by atoms with Gasteiger partial charge in [0.15, 0.2) is 12.3 Å². The number of para-hydroxylation sites is 1. The van der Waals surface area contributed by atoms with Gasteiger partial charge in [0.2, 0.25) is 0 Å². The fraction of sp³-hybridized carbons (Fsp3) is 0.250. The van der Waals surface area contributed by atoms with E-state index >= 15 is 0 Å². The number of rotatable bonds is 5. The maximum atomic E-state index is 13.4. The molecule has 0 saturated heterocycles. The van der Waals surface area contributed by atoms with Crippen LogP contribution < -0.4 is 15.5 Å². The van der Waals surface area contributed by atoms with Crippen molar-refractivity contribution in [3.63, 3.8) is 0 Å². The summed E-state index contributed by atoms with van der Waals surface area (Å²) in [7, 11) is 1.81. The number of carbonyl (C=O) groups excluding carboxylic acids is 2. The van der Waals surface area contributed by atoms with Crippen molar-refractivity contribution in [1.29, 1.82) is 0 Å². The molecule has 0 aliphatic heterocycles. The van der Waals surface area contributed by atoms with Crippen LogP contribution in [0.5, 0.6) is 0 Å². The molecule has 3 amide bonds. The smallest absolute Gasteiger partial charge is 0.326 e. The van der Waals surface area contributed by atoms with Crippen LogP contribution in [-0.4, -0.2) is 25.5 Å². The predicted molar refractivity (Wildman–Crippen MR) is 82.5 cm³/mol. The Balaban J connectivity index is 1.79. The Kier molecular flexibility index (Phi) is 5.48. The highest BCUT2D eigenvalue weighted by Gasteiger charge is 2.15. The van der Waals surface area contributed by atoms with Gasteiger partial charge in [0.1, 0.15) is 18.1 Å². The zero-order valence-electron chi connectivity index (χ0n) is 13.0. The number of hydrogen-bond donors (Lipinski definition) is 3. The first kappa shape index (κ1) is 16.7. The van der Waals surface area contributed by atoms with E-state index in [0.29, 0.717) is 6.54 Å². The lowest BCUT2D eigenvalue weighted by Gasteiger charge is -2.12. The monoisotopic (exact) mass is 320 g/mol. The van der Waals surface area contributed by atoms with Crippen molar-refractivity contribution in [2.75, 3.05) is 18.9 Å². The van der Waals surface area contributed by atoms with Crippen LogP contribution in [-0.2, 0) is 11.3 Å². The number of amides is 3. The lowest BCUT2D eigenvalue weighted by Crippen LogP contribution is -3.08. The topological polar surface area (TPSA) is 75.8 Å². The van der Waals surface area contributed by atoms with Gasteiger partial charge in [0, 0.05) is 0 Å². The number of furan rings is 1. The summed E-state index contributed by atoms with van der Waals surface area (Å²) in [6.45, 7) is 2.46. The van der Waals surface area contributed by atoms with Crippen molar-refractivity contribution in [1.82, 2.24) is 5.32 Å². The summed E-state index contributed by atoms with van der Waals surface area (Å²) < 4.78 is 18.8. The highest BCUT2D eigenvalue weighted by Crippen LogP contribution is 2.11. The number of nitrogens with one attached hydrogen (secondary N) is 3. The van der Waals surface area contributed by atoms with E-state index in [1.54, 1.807) is 6.07 Å². The van der Waals surface area contributed by atoms with Gasteiger partial charge in [0.05, 0.1) is 12.7 Å². The van der Waals surface area contributed by atoms with Crippen molar-refractivity contribution >= 4 is 17.6 Å². The fourth-order valence-corrected chi connectivity index (χ4v) is 2.10. The molecular formula is C16H19FN3O3+. The quantitative estimate of drug-likeness (QED) is 0.772. The number of likely N-dealkylation sites (N-methyl/N-ethyl adjacent to an activating group) is 1. The third kappa shape index (κ3) is 5.23. The first-order valence-electron chi connectivity index (χ1n) is 7.16. The first-order chi connectivity index (χ1) is 10.9. The summed E-state index contributed by atoms with van der Waals surface area (Å²) in [5, 5.41) is 4.46. The highest BCUT2D eigenvalue weighted by atomic mass is 19.1. The molecule has 0 fully saturated rings. The molecule has 6 nitrogen and oxygen atoms in total. The van der Waals surface area contributed by atoms with Gasteiger partial charge in [-0.15, -0.1) is 0 Å². The van der Waals surface area contributed by atoms with Crippen LogP contribution >= 0.6 is 0 Å². The lowest BCUT2D eigenvalue weighted by molar-refractivity contribution is -0.886. The molecule has 0 bridgehead atoms. The number of carbonyl (C=O) groups is 2. The fourth-order valence-electron chi connectivity index (χ4n) is 2.10. The Bertz CT molecular complexity index is 699. The van der Waals surface area contributed by atoms with E-state index in [0.717, 1.165) is 16.4 Å². The average Bonchev–Trinajstić information content (AvgIpc) is 2.86. The van der Waals surface area contributed by atoms with Gasteiger partial charge in [-0.1, -0.05) is 12.1 Å². The molecule has 0 spiro atoms. The second-order valence-electron chi connectivity index (χ2n) is 5.31. The van der Waals surface area contributed by atoms with Crippen LogP contribution in [0.3, 0.4) is 0 Å². The van der Waals surface area contributed by atoms with E-state index in [1.807, 2.05) is 26.1 Å². The number of aryl methyl sites for hydroxylation is 1. The molecule has 3 N–H and O–H groups in total. The molecule has 0 aliphatic rings. The Labute approximate surface area is 133 Å². The second kappa shape index (κ2) is 7.55. The third-order valence-electron chi connectivity index (χ3n) is 3.11. The summed E-state index contributed by atoms with van der Waals surface area (Å²) in [6, 6.07) is 8.67. The van der Waals surface area contributed by atoms with E-state index in [1.165, 1.54) is 18.2 Å². The molecule has 1 unspecified atom stereocenters. The molecule has 1 aromatic heterocycles. The second-order valence-corrected chi connectivity index (χ2v) is 5.31. The minimum Gasteiger partial charge on any atom is -0.460 e. The number of quaternary nitrogens is 1. The van der Waals surface area contributed by atoms with E-state index in [-0.39, 0.29) is 12.2 Å². The zero-order chi connectivity index (χ0) is 16.8. The van der Waals surface area contributed by atoms with Crippen molar-refractivity contribution in [2.24, 2.45) is 0 Å². The number of anilines is 1. The van der Waals surface area contributed by atoms with Gasteiger partial charge in [0.25, 0.3) is 5.91 Å². The molecule has 0 radical (unpaired) electrons. The minimum atomic E-state index is -0.762. The van der Waals surface area contributed by atoms with Gasteiger partial charge < -0.3 is 14.6 Å². The molecule has 0 saturated carbocycles. The summed E-state index contributed by atoms with van der Waals surface area (Å²) in [6.07, 6.45) is 0. The molecule has 122 valence electrons. The van der Waals surface area contributed by atoms with Gasteiger partial charge in [-0.25, -0.2) is 9.18 Å². The van der Waals surface area contributed by atoms with Gasteiger partial charge in [-0.05, 0) is 31.2 Å². The lowest BCUT2D eigenvalue weighted by atomic mass is 10.3. The summed E-state index contributed by atoms with van der Waals surface area (Å²) in [5.74, 6) is 0.552. The normalized spacial score (nSPS) is 11.8. The maximum Gasteiger partial charge on any atom is 0.326 e. The Morgan fingerprint density at radius 3 is 2.61 bits per heavy atom. The molecule has 7 heteroatoms. The number of imide groups is 1. The first-order valence-corrected chi connectivity index (χ1v) is 7.16. The molecule has 0 aliphatic carbocycles. The average molecular weight is 320 g/mol. The molecular weight excluding hydrogens is 301 g/mol. The maximum absolute atomic E-state index is 13.4. The standard InChI is InChI=1S/C16H18FN3O3/c1-11-7-8-12(23-11)9-20(2)10-15(21)19-16(22)18-14-6-4-3-5-13(14)17/h3-8H,9-10H2,1-2H3,(H2,18,19,21,22)/p+1. The zero-order valence-corrected chi connectivity index (χ0v) is 13.0. The van der Waals surface area contributed by atoms with Crippen LogP contribution in [0.25, 0.3) is 0 Å². The molecule has 1 aromatic carbocycles. The minimum absolute atomic E-state index is 0.0181. The Morgan fingerprint density at radius 2 is 1.96 bits per heavy atom. The van der Waals surface area contributed by atoms with E-state index in [2.05, 4.69) is 10.6 Å². The van der Waals surface area contributed by atoms with Crippen LogP contribution in [0, 0.1) is 12.7 Å². The SMILES string of the molecule is Cc1ccc(C[NH+](C)CC(=O)NC(=O)Nc2ccccc2F)o1. The van der Waals surface area contributed by atoms with Gasteiger partial charge in [-0.2, -0.15) is 0 Å². The van der Waals surface area contributed by atoms with Crippen LogP contribution in [0.15, 0.2) is 40.8 Å². The van der Waals surface area contributed by atoms with Crippen LogP contribution in [0.2, 0.25) is 0 Å². The Morgan fingerprint density at radius 1 is 1.22 bits per heavy atom. The van der Waals surface area contributed by atoms with Crippen molar-refractivity contribution < 1.29 is 23.3 Å². The van der Waals surface area contributed by atoms with E-state index in [4.69, 9.17) is 4.42 Å². The molecule has 1 atom stereocenters. The van der Waals surface area contributed by atoms with Crippen molar-refractivity contribution in [3.05, 3.63) is 53.7 Å².